The van der Waals surface area contributed by atoms with Crippen LogP contribution in [0.2, 0.25) is 0 Å². The summed E-state index contributed by atoms with van der Waals surface area (Å²) in [6.45, 7) is 1.68. The van der Waals surface area contributed by atoms with E-state index in [0.29, 0.717) is 0 Å². The molecule has 1 fully saturated rings. The molecule has 1 aliphatic rings. The Kier molecular flexibility index (Phi) is 3.50. The zero-order valence-corrected chi connectivity index (χ0v) is 9.26. The lowest BCUT2D eigenvalue weighted by Crippen LogP contribution is -2.23. The van der Waals surface area contributed by atoms with Gasteiger partial charge in [-0.05, 0) is 44.1 Å². The van der Waals surface area contributed by atoms with Gasteiger partial charge in [0.2, 0.25) is 0 Å². The molecule has 0 saturated carbocycles. The molecule has 4 heteroatoms. The maximum absolute atomic E-state index is 13.6. The van der Waals surface area contributed by atoms with E-state index < -0.39 is 11.6 Å². The van der Waals surface area contributed by atoms with Gasteiger partial charge in [0.05, 0.1) is 11.6 Å². The van der Waals surface area contributed by atoms with Crippen LogP contribution >= 0.6 is 0 Å². The number of hydrogen-bond donors (Lipinski definition) is 1. The fraction of sp³-hybridized carbons (Fsp3) is 0.308. The molecular formula is C13H12F2N2. The van der Waals surface area contributed by atoms with Crippen molar-refractivity contribution in [1.29, 1.82) is 5.26 Å². The van der Waals surface area contributed by atoms with E-state index in [9.17, 15) is 8.78 Å². The molecule has 0 unspecified atom stereocenters. The smallest absolute Gasteiger partial charge is 0.134 e. The van der Waals surface area contributed by atoms with Crippen LogP contribution in [0.3, 0.4) is 0 Å². The molecule has 88 valence electrons. The average molecular weight is 234 g/mol. The molecule has 0 bridgehead atoms. The van der Waals surface area contributed by atoms with Crippen LogP contribution in [0, 0.1) is 23.0 Å². The quantitative estimate of drug-likeness (QED) is 0.810. The van der Waals surface area contributed by atoms with Gasteiger partial charge in [0.15, 0.2) is 0 Å². The first kappa shape index (κ1) is 11.7. The number of nitrogens with zero attached hydrogens (tertiary/aromatic N) is 1. The Morgan fingerprint density at radius 2 is 1.76 bits per heavy atom. The van der Waals surface area contributed by atoms with Gasteiger partial charge in [-0.3, -0.25) is 0 Å². The zero-order chi connectivity index (χ0) is 12.3. The third-order valence-electron chi connectivity index (χ3n) is 2.80. The summed E-state index contributed by atoms with van der Waals surface area (Å²) in [6, 6.07) is 3.86. The van der Waals surface area contributed by atoms with E-state index in [1.54, 1.807) is 12.1 Å². The molecule has 1 aromatic rings. The van der Waals surface area contributed by atoms with E-state index in [-0.39, 0.29) is 11.1 Å². The number of benzene rings is 1. The number of nitrogens with one attached hydrogen (secondary N) is 1. The van der Waals surface area contributed by atoms with Crippen LogP contribution in [0.1, 0.15) is 24.0 Å². The largest absolute Gasteiger partial charge is 0.316 e. The highest BCUT2D eigenvalue weighted by Crippen LogP contribution is 2.21. The molecule has 1 heterocycles. The second kappa shape index (κ2) is 5.07. The summed E-state index contributed by atoms with van der Waals surface area (Å²) in [6.07, 6.45) is 3.17. The van der Waals surface area contributed by atoms with Crippen molar-refractivity contribution in [2.75, 3.05) is 13.1 Å². The Balaban J connectivity index is 2.36. The molecule has 0 aromatic heterocycles. The minimum Gasteiger partial charge on any atom is -0.316 e. The SMILES string of the molecule is N#Cc1cc(F)c(C=C2CCNCC2)c(F)c1. The van der Waals surface area contributed by atoms with E-state index >= 15 is 0 Å². The maximum atomic E-state index is 13.6. The summed E-state index contributed by atoms with van der Waals surface area (Å²) in [5, 5.41) is 11.8. The van der Waals surface area contributed by atoms with E-state index in [4.69, 9.17) is 5.26 Å². The van der Waals surface area contributed by atoms with Gasteiger partial charge < -0.3 is 5.32 Å². The molecule has 1 N–H and O–H groups in total. The molecule has 2 rings (SSSR count). The van der Waals surface area contributed by atoms with Crippen molar-refractivity contribution in [3.8, 4) is 6.07 Å². The van der Waals surface area contributed by atoms with Crippen molar-refractivity contribution in [3.05, 3.63) is 40.5 Å². The molecular weight excluding hydrogens is 222 g/mol. The maximum Gasteiger partial charge on any atom is 0.134 e. The first-order valence-corrected chi connectivity index (χ1v) is 5.50. The Morgan fingerprint density at radius 1 is 1.18 bits per heavy atom. The van der Waals surface area contributed by atoms with E-state index in [2.05, 4.69) is 5.32 Å². The van der Waals surface area contributed by atoms with Gasteiger partial charge in [-0.1, -0.05) is 5.57 Å². The topological polar surface area (TPSA) is 35.8 Å². The van der Waals surface area contributed by atoms with Crippen molar-refractivity contribution in [3.63, 3.8) is 0 Å². The standard InChI is InChI=1S/C13H12F2N2/c14-12-6-10(8-16)7-13(15)11(12)5-9-1-3-17-4-2-9/h5-7,17H,1-4H2. The summed E-state index contributed by atoms with van der Waals surface area (Å²) in [7, 11) is 0. The zero-order valence-electron chi connectivity index (χ0n) is 9.26. The van der Waals surface area contributed by atoms with Gasteiger partial charge in [-0.15, -0.1) is 0 Å². The molecule has 0 atom stereocenters. The summed E-state index contributed by atoms with van der Waals surface area (Å²) in [4.78, 5) is 0. The Hall–Kier alpha value is -1.73. The molecule has 17 heavy (non-hydrogen) atoms. The van der Waals surface area contributed by atoms with Crippen molar-refractivity contribution in [2.24, 2.45) is 0 Å². The monoisotopic (exact) mass is 234 g/mol. The van der Waals surface area contributed by atoms with E-state index in [1.165, 1.54) is 0 Å². The molecule has 0 aliphatic carbocycles. The van der Waals surface area contributed by atoms with Crippen LogP contribution in [0.5, 0.6) is 0 Å². The Bertz CT molecular complexity index is 470. The Labute approximate surface area is 98.6 Å². The lowest BCUT2D eigenvalue weighted by Gasteiger charge is -2.15. The highest BCUT2D eigenvalue weighted by atomic mass is 19.1. The Morgan fingerprint density at radius 3 is 2.29 bits per heavy atom. The molecule has 2 nitrogen and oxygen atoms in total. The van der Waals surface area contributed by atoms with Crippen LogP contribution in [-0.2, 0) is 0 Å². The lowest BCUT2D eigenvalue weighted by molar-refractivity contribution is 0.575. The second-order valence-electron chi connectivity index (χ2n) is 4.02. The summed E-state index contributed by atoms with van der Waals surface area (Å²) in [5.74, 6) is -1.35. The highest BCUT2D eigenvalue weighted by Gasteiger charge is 2.11. The van der Waals surface area contributed by atoms with Gasteiger partial charge in [-0.2, -0.15) is 5.26 Å². The fourth-order valence-electron chi connectivity index (χ4n) is 1.88. The second-order valence-corrected chi connectivity index (χ2v) is 4.02. The summed E-state index contributed by atoms with van der Waals surface area (Å²) in [5.41, 5.74) is 1.000. The third kappa shape index (κ3) is 2.69. The van der Waals surface area contributed by atoms with Gasteiger partial charge in [0.1, 0.15) is 11.6 Å². The van der Waals surface area contributed by atoms with Crippen molar-refractivity contribution < 1.29 is 8.78 Å². The lowest BCUT2D eigenvalue weighted by atomic mass is 10.0. The minimum absolute atomic E-state index is 0.00691. The number of nitriles is 1. The van der Waals surface area contributed by atoms with Crippen LogP contribution in [0.25, 0.3) is 6.08 Å². The summed E-state index contributed by atoms with van der Waals surface area (Å²) < 4.78 is 27.2. The molecule has 1 aromatic carbocycles. The fourth-order valence-corrected chi connectivity index (χ4v) is 1.88. The first-order valence-electron chi connectivity index (χ1n) is 5.50. The van der Waals surface area contributed by atoms with Gasteiger partial charge in [0.25, 0.3) is 0 Å². The summed E-state index contributed by atoms with van der Waals surface area (Å²) >= 11 is 0. The molecule has 0 radical (unpaired) electrons. The number of piperidine rings is 1. The predicted molar refractivity (Wildman–Crippen MR) is 61.2 cm³/mol. The van der Waals surface area contributed by atoms with Crippen LogP contribution in [-0.4, -0.2) is 13.1 Å². The highest BCUT2D eigenvalue weighted by molar-refractivity contribution is 5.56. The first-order chi connectivity index (χ1) is 8.20. The van der Waals surface area contributed by atoms with Crippen molar-refractivity contribution in [1.82, 2.24) is 5.32 Å². The van der Waals surface area contributed by atoms with Gasteiger partial charge in [0, 0.05) is 5.56 Å². The number of halogens is 2. The van der Waals surface area contributed by atoms with E-state index in [1.807, 2.05) is 0 Å². The van der Waals surface area contributed by atoms with Gasteiger partial charge >= 0.3 is 0 Å². The molecule has 1 aliphatic heterocycles. The normalized spacial score (nSPS) is 15.5. The minimum atomic E-state index is -0.674. The molecule has 1 saturated heterocycles. The average Bonchev–Trinajstić information content (AvgIpc) is 2.35. The van der Waals surface area contributed by atoms with Crippen LogP contribution in [0.15, 0.2) is 17.7 Å². The molecule has 0 spiro atoms. The third-order valence-corrected chi connectivity index (χ3v) is 2.80. The number of rotatable bonds is 1. The predicted octanol–water partition coefficient (Wildman–Crippen LogP) is 2.60. The van der Waals surface area contributed by atoms with E-state index in [0.717, 1.165) is 43.6 Å². The number of hydrogen-bond acceptors (Lipinski definition) is 2. The molecule has 0 amide bonds. The van der Waals surface area contributed by atoms with Crippen LogP contribution < -0.4 is 5.32 Å². The van der Waals surface area contributed by atoms with Crippen LogP contribution in [0.4, 0.5) is 8.78 Å². The van der Waals surface area contributed by atoms with Gasteiger partial charge in [-0.25, -0.2) is 8.78 Å². The van der Waals surface area contributed by atoms with Crippen molar-refractivity contribution in [2.45, 2.75) is 12.8 Å². The van der Waals surface area contributed by atoms with Crippen molar-refractivity contribution >= 4 is 6.08 Å².